The summed E-state index contributed by atoms with van der Waals surface area (Å²) in [6.45, 7) is 0. The van der Waals surface area contributed by atoms with Gasteiger partial charge in [0.05, 0.1) is 11.6 Å². The van der Waals surface area contributed by atoms with Gasteiger partial charge in [-0.2, -0.15) is 13.7 Å². The third kappa shape index (κ3) is 3.44. The molecule has 0 aliphatic carbocycles. The second kappa shape index (κ2) is 4.07. The fraction of sp³-hybridized carbons (Fsp3) is 0.125. The minimum Gasteiger partial charge on any atom is -0.194 e. The van der Waals surface area contributed by atoms with Crippen molar-refractivity contribution in [3.63, 3.8) is 0 Å². The van der Waals surface area contributed by atoms with E-state index < -0.39 is 16.0 Å². The van der Waals surface area contributed by atoms with Crippen molar-refractivity contribution in [3.8, 4) is 6.07 Å². The van der Waals surface area contributed by atoms with Gasteiger partial charge in [-0.1, -0.05) is 15.9 Å². The second-order valence-corrected chi connectivity index (χ2v) is 4.93. The van der Waals surface area contributed by atoms with Gasteiger partial charge in [0, 0.05) is 4.47 Å². The molecule has 0 amide bonds. The zero-order chi connectivity index (χ0) is 10.8. The van der Waals surface area contributed by atoms with E-state index in [0.717, 1.165) is 0 Å². The van der Waals surface area contributed by atoms with Crippen molar-refractivity contribution in [2.45, 2.75) is 5.75 Å². The van der Waals surface area contributed by atoms with E-state index in [2.05, 4.69) is 15.9 Å². The first-order valence-electron chi connectivity index (χ1n) is 3.52. The van der Waals surface area contributed by atoms with Crippen LogP contribution in [0, 0.1) is 11.3 Å². The average molecular weight is 278 g/mol. The molecule has 0 saturated heterocycles. The summed E-state index contributed by atoms with van der Waals surface area (Å²) in [6.07, 6.45) is 0. The summed E-state index contributed by atoms with van der Waals surface area (Å²) >= 11 is 3.09. The molecule has 14 heavy (non-hydrogen) atoms. The fourth-order valence-electron chi connectivity index (χ4n) is 0.997. The minimum absolute atomic E-state index is 0.249. The maximum Gasteiger partial charge on any atom is 0.306 e. The van der Waals surface area contributed by atoms with Crippen LogP contribution in [-0.2, 0) is 16.0 Å². The number of nitrogens with zero attached hydrogens (tertiary/aromatic N) is 1. The highest BCUT2D eigenvalue weighted by Gasteiger charge is 2.10. The van der Waals surface area contributed by atoms with Crippen molar-refractivity contribution in [1.29, 1.82) is 5.26 Å². The third-order valence-electron chi connectivity index (χ3n) is 1.43. The number of nitriles is 1. The van der Waals surface area contributed by atoms with Crippen molar-refractivity contribution in [2.24, 2.45) is 0 Å². The van der Waals surface area contributed by atoms with E-state index in [9.17, 15) is 12.3 Å². The van der Waals surface area contributed by atoms with Crippen LogP contribution in [0.3, 0.4) is 0 Å². The van der Waals surface area contributed by atoms with Crippen LogP contribution >= 0.6 is 15.9 Å². The SMILES string of the molecule is N#Cc1cc(Br)cc(CS(=O)(=O)F)c1. The highest BCUT2D eigenvalue weighted by molar-refractivity contribution is 9.10. The largest absolute Gasteiger partial charge is 0.306 e. The number of rotatable bonds is 2. The second-order valence-electron chi connectivity index (χ2n) is 2.64. The molecule has 0 bridgehead atoms. The first-order valence-corrected chi connectivity index (χ1v) is 5.87. The van der Waals surface area contributed by atoms with E-state index >= 15 is 0 Å². The lowest BCUT2D eigenvalue weighted by molar-refractivity contribution is 0.551. The summed E-state index contributed by atoms with van der Waals surface area (Å²) in [4.78, 5) is 0. The molecule has 6 heteroatoms. The lowest BCUT2D eigenvalue weighted by atomic mass is 10.2. The molecule has 0 radical (unpaired) electrons. The maximum atomic E-state index is 12.3. The zero-order valence-corrected chi connectivity index (χ0v) is 9.27. The van der Waals surface area contributed by atoms with Gasteiger partial charge in [-0.05, 0) is 23.8 Å². The van der Waals surface area contributed by atoms with E-state index in [1.165, 1.54) is 18.2 Å². The molecule has 74 valence electrons. The molecule has 0 saturated carbocycles. The van der Waals surface area contributed by atoms with Gasteiger partial charge in [0.15, 0.2) is 0 Å². The van der Waals surface area contributed by atoms with E-state index in [-0.39, 0.29) is 11.1 Å². The molecule has 0 N–H and O–H groups in total. The van der Waals surface area contributed by atoms with Gasteiger partial charge in [0.25, 0.3) is 0 Å². The van der Waals surface area contributed by atoms with Crippen LogP contribution in [0.15, 0.2) is 22.7 Å². The molecular weight excluding hydrogens is 273 g/mol. The van der Waals surface area contributed by atoms with Crippen molar-refractivity contribution < 1.29 is 12.3 Å². The molecule has 0 heterocycles. The Bertz CT molecular complexity index is 493. The highest BCUT2D eigenvalue weighted by atomic mass is 79.9. The van der Waals surface area contributed by atoms with Crippen LogP contribution in [0.25, 0.3) is 0 Å². The highest BCUT2D eigenvalue weighted by Crippen LogP contribution is 2.17. The first-order chi connectivity index (χ1) is 6.40. The van der Waals surface area contributed by atoms with Crippen molar-refractivity contribution in [1.82, 2.24) is 0 Å². The number of benzene rings is 1. The predicted molar refractivity (Wildman–Crippen MR) is 52.6 cm³/mol. The molecule has 1 aromatic carbocycles. The summed E-state index contributed by atoms with van der Waals surface area (Å²) in [5.74, 6) is -0.707. The molecule has 0 atom stereocenters. The monoisotopic (exact) mass is 277 g/mol. The van der Waals surface area contributed by atoms with Gasteiger partial charge in [0.1, 0.15) is 5.75 Å². The van der Waals surface area contributed by atoms with E-state index in [4.69, 9.17) is 5.26 Å². The predicted octanol–water partition coefficient (Wildman–Crippen LogP) is 2.12. The quantitative estimate of drug-likeness (QED) is 0.778. The average Bonchev–Trinajstić information content (AvgIpc) is 1.99. The topological polar surface area (TPSA) is 57.9 Å². The first kappa shape index (κ1) is 11.1. The van der Waals surface area contributed by atoms with Crippen LogP contribution in [0.1, 0.15) is 11.1 Å². The van der Waals surface area contributed by atoms with E-state index in [1.54, 1.807) is 0 Å². The van der Waals surface area contributed by atoms with Gasteiger partial charge in [-0.25, -0.2) is 0 Å². The Kier molecular flexibility index (Phi) is 3.24. The molecule has 0 aliphatic rings. The van der Waals surface area contributed by atoms with Gasteiger partial charge in [0.2, 0.25) is 0 Å². The summed E-state index contributed by atoms with van der Waals surface area (Å²) in [6, 6.07) is 6.16. The summed E-state index contributed by atoms with van der Waals surface area (Å²) in [5.41, 5.74) is 0.538. The molecule has 0 fully saturated rings. The summed E-state index contributed by atoms with van der Waals surface area (Å²) in [5, 5.41) is 8.57. The van der Waals surface area contributed by atoms with Crippen LogP contribution in [0.2, 0.25) is 0 Å². The van der Waals surface area contributed by atoms with Gasteiger partial charge in [-0.3, -0.25) is 0 Å². The van der Waals surface area contributed by atoms with E-state index in [1.807, 2.05) is 6.07 Å². The molecular formula is C8H5BrFNO2S. The Morgan fingerprint density at radius 1 is 1.43 bits per heavy atom. The molecule has 3 nitrogen and oxygen atoms in total. The standard InChI is InChI=1S/C8H5BrFNO2S/c9-8-2-6(4-11)1-7(3-8)5-14(10,12)13/h1-3H,5H2. The van der Waals surface area contributed by atoms with Crippen LogP contribution in [0.5, 0.6) is 0 Å². The lowest BCUT2D eigenvalue weighted by Gasteiger charge is -1.99. The minimum atomic E-state index is -4.55. The van der Waals surface area contributed by atoms with Gasteiger partial charge in [-0.15, -0.1) is 3.89 Å². The van der Waals surface area contributed by atoms with Gasteiger partial charge < -0.3 is 0 Å². The molecule has 0 aromatic heterocycles. The number of halogens is 2. The maximum absolute atomic E-state index is 12.3. The van der Waals surface area contributed by atoms with Crippen LogP contribution < -0.4 is 0 Å². The Hall–Kier alpha value is -0.930. The molecule has 1 rings (SSSR count). The fourth-order valence-corrected chi connectivity index (χ4v) is 2.10. The third-order valence-corrected chi connectivity index (χ3v) is 2.56. The summed E-state index contributed by atoms with van der Waals surface area (Å²) in [7, 11) is -4.55. The molecule has 1 aromatic rings. The lowest BCUT2D eigenvalue weighted by Crippen LogP contribution is -1.96. The Balaban J connectivity index is 3.12. The van der Waals surface area contributed by atoms with Crippen molar-refractivity contribution in [2.75, 3.05) is 0 Å². The van der Waals surface area contributed by atoms with Crippen molar-refractivity contribution in [3.05, 3.63) is 33.8 Å². The molecule has 0 aliphatic heterocycles. The zero-order valence-electron chi connectivity index (χ0n) is 6.87. The smallest absolute Gasteiger partial charge is 0.194 e. The Morgan fingerprint density at radius 2 is 2.07 bits per heavy atom. The van der Waals surface area contributed by atoms with Gasteiger partial charge >= 0.3 is 10.2 Å². The van der Waals surface area contributed by atoms with E-state index in [0.29, 0.717) is 4.47 Å². The van der Waals surface area contributed by atoms with Crippen LogP contribution in [-0.4, -0.2) is 8.42 Å². The van der Waals surface area contributed by atoms with Crippen molar-refractivity contribution >= 4 is 26.2 Å². The Morgan fingerprint density at radius 3 is 2.57 bits per heavy atom. The molecule has 0 unspecified atom stereocenters. The normalized spacial score (nSPS) is 10.9. The number of hydrogen-bond donors (Lipinski definition) is 0. The molecule has 0 spiro atoms. The summed E-state index contributed by atoms with van der Waals surface area (Å²) < 4.78 is 33.6. The number of hydrogen-bond acceptors (Lipinski definition) is 3. The van der Waals surface area contributed by atoms with Crippen LogP contribution in [0.4, 0.5) is 3.89 Å². The Labute approximate surface area is 89.5 Å².